The largest absolute Gasteiger partial charge is 0.357 e. The lowest BCUT2D eigenvalue weighted by molar-refractivity contribution is -0.111. The Hall–Kier alpha value is -3.45. The minimum Gasteiger partial charge on any atom is -0.357 e. The van der Waals surface area contributed by atoms with Crippen molar-refractivity contribution >= 4 is 45.0 Å². The molecule has 1 amide bonds. The highest BCUT2D eigenvalue weighted by molar-refractivity contribution is 7.16. The summed E-state index contributed by atoms with van der Waals surface area (Å²) < 4.78 is 16.5. The molecule has 3 heterocycles. The Kier molecular flexibility index (Phi) is 5.61. The predicted molar refractivity (Wildman–Crippen MR) is 120 cm³/mol. The maximum atomic E-state index is 14.6. The van der Waals surface area contributed by atoms with Crippen molar-refractivity contribution in [3.05, 3.63) is 41.4 Å². The van der Waals surface area contributed by atoms with Crippen LogP contribution in [0.5, 0.6) is 0 Å². The zero-order valence-corrected chi connectivity index (χ0v) is 18.0. The van der Waals surface area contributed by atoms with Crippen molar-refractivity contribution in [3.8, 4) is 6.07 Å². The van der Waals surface area contributed by atoms with Gasteiger partial charge in [-0.15, -0.1) is 0 Å². The van der Waals surface area contributed by atoms with Crippen LogP contribution in [0.1, 0.15) is 16.9 Å². The number of amides is 1. The lowest BCUT2D eigenvalue weighted by Gasteiger charge is -2.35. The number of aromatic nitrogens is 3. The normalized spacial score (nSPS) is 18.6. The van der Waals surface area contributed by atoms with E-state index < -0.39 is 6.17 Å². The number of carbonyl (C=O) groups is 1. The van der Waals surface area contributed by atoms with Crippen molar-refractivity contribution in [2.75, 3.05) is 28.6 Å². The molecule has 3 aromatic rings. The summed E-state index contributed by atoms with van der Waals surface area (Å²) in [6.45, 7) is 6.19. The smallest absolute Gasteiger partial charge is 0.247 e. The minimum absolute atomic E-state index is 0.162. The molecule has 10 heteroatoms. The summed E-state index contributed by atoms with van der Waals surface area (Å²) in [5, 5.41) is 15.6. The van der Waals surface area contributed by atoms with Gasteiger partial charge in [-0.2, -0.15) is 5.26 Å². The van der Waals surface area contributed by atoms with E-state index >= 15 is 0 Å². The van der Waals surface area contributed by atoms with E-state index in [-0.39, 0.29) is 18.5 Å². The van der Waals surface area contributed by atoms with Crippen LogP contribution in [0.4, 0.5) is 21.2 Å². The number of nitriles is 1. The number of anilines is 3. The number of aryl methyl sites for hydroxylation is 2. The van der Waals surface area contributed by atoms with Crippen LogP contribution < -0.4 is 15.5 Å². The third-order valence-electron chi connectivity index (χ3n) is 5.27. The maximum Gasteiger partial charge on any atom is 0.247 e. The Bertz CT molecular complexity index is 1190. The summed E-state index contributed by atoms with van der Waals surface area (Å²) in [6, 6.07) is 5.67. The standard InChI is InChI=1S/C21H22FN7OS/c1-4-19(30)26-16-7-17-18(5-12(16)2)28(3)21(27-17)29-10-13(22)6-14(11-29)25-20-24-9-15(8-23)31-20/h4-5,7,9,13-14H,1,6,10-11H2,2-3H3,(H,24,25)(H,26,30)/t13?,14-/m1/s1. The second-order valence-electron chi connectivity index (χ2n) is 7.54. The lowest BCUT2D eigenvalue weighted by Crippen LogP contribution is -2.48. The summed E-state index contributed by atoms with van der Waals surface area (Å²) in [7, 11) is 1.90. The fourth-order valence-corrected chi connectivity index (χ4v) is 4.49. The van der Waals surface area contributed by atoms with Gasteiger partial charge in [-0.05, 0) is 30.7 Å². The first-order chi connectivity index (χ1) is 14.9. The number of rotatable bonds is 5. The van der Waals surface area contributed by atoms with E-state index in [9.17, 15) is 9.18 Å². The molecule has 1 aliphatic heterocycles. The number of carbonyl (C=O) groups excluding carboxylic acids is 1. The van der Waals surface area contributed by atoms with E-state index in [4.69, 9.17) is 10.2 Å². The Morgan fingerprint density at radius 2 is 2.26 bits per heavy atom. The molecule has 4 rings (SSSR count). The first-order valence-corrected chi connectivity index (χ1v) is 10.6. The number of nitrogens with one attached hydrogen (secondary N) is 2. The Morgan fingerprint density at radius 3 is 2.97 bits per heavy atom. The van der Waals surface area contributed by atoms with Crippen LogP contribution in [0.2, 0.25) is 0 Å². The second-order valence-corrected chi connectivity index (χ2v) is 8.57. The van der Waals surface area contributed by atoms with Gasteiger partial charge in [-0.3, -0.25) is 4.79 Å². The molecule has 1 saturated heterocycles. The minimum atomic E-state index is -1.02. The van der Waals surface area contributed by atoms with Crippen molar-refractivity contribution in [2.24, 2.45) is 7.05 Å². The number of benzene rings is 1. The molecule has 2 atom stereocenters. The second kappa shape index (κ2) is 8.35. The molecule has 2 N–H and O–H groups in total. The Balaban J connectivity index is 1.60. The number of thiazole rings is 1. The number of nitrogens with zero attached hydrogens (tertiary/aromatic N) is 5. The van der Waals surface area contributed by atoms with Gasteiger partial charge in [0.05, 0.1) is 23.8 Å². The van der Waals surface area contributed by atoms with Crippen LogP contribution in [0, 0.1) is 18.3 Å². The highest BCUT2D eigenvalue weighted by Gasteiger charge is 2.30. The van der Waals surface area contributed by atoms with E-state index in [0.717, 1.165) is 11.1 Å². The predicted octanol–water partition coefficient (Wildman–Crippen LogP) is 3.36. The van der Waals surface area contributed by atoms with Crippen LogP contribution in [0.15, 0.2) is 31.0 Å². The van der Waals surface area contributed by atoms with Crippen LogP contribution in [0.25, 0.3) is 11.0 Å². The van der Waals surface area contributed by atoms with Gasteiger partial charge >= 0.3 is 0 Å². The molecule has 0 spiro atoms. The van der Waals surface area contributed by atoms with E-state index in [1.807, 2.05) is 35.6 Å². The third kappa shape index (κ3) is 4.22. The van der Waals surface area contributed by atoms with Gasteiger partial charge in [0, 0.05) is 31.7 Å². The fourth-order valence-electron chi connectivity index (χ4n) is 3.80. The number of fused-ring (bicyclic) bond motifs is 1. The van der Waals surface area contributed by atoms with Crippen molar-refractivity contribution in [1.82, 2.24) is 14.5 Å². The van der Waals surface area contributed by atoms with Crippen molar-refractivity contribution in [2.45, 2.75) is 25.6 Å². The summed E-state index contributed by atoms with van der Waals surface area (Å²) in [6.07, 6.45) is 2.07. The van der Waals surface area contributed by atoms with Gasteiger partial charge in [0.15, 0.2) is 5.13 Å². The molecule has 0 saturated carbocycles. The molecule has 0 bridgehead atoms. The maximum absolute atomic E-state index is 14.6. The fraction of sp³-hybridized carbons (Fsp3) is 0.333. The van der Waals surface area contributed by atoms with Crippen LogP contribution >= 0.6 is 11.3 Å². The average molecular weight is 440 g/mol. The summed E-state index contributed by atoms with van der Waals surface area (Å²) in [4.78, 5) is 23.0. The van der Waals surface area contributed by atoms with E-state index in [0.29, 0.717) is 40.1 Å². The quantitative estimate of drug-likeness (QED) is 0.592. The van der Waals surface area contributed by atoms with Crippen molar-refractivity contribution in [1.29, 1.82) is 5.26 Å². The van der Waals surface area contributed by atoms with E-state index in [1.54, 1.807) is 0 Å². The Morgan fingerprint density at radius 1 is 1.45 bits per heavy atom. The third-order valence-corrected chi connectivity index (χ3v) is 6.11. The molecule has 1 unspecified atom stereocenters. The molecule has 1 aliphatic rings. The molecule has 160 valence electrons. The Labute approximate surface area is 183 Å². The number of halogens is 1. The highest BCUT2D eigenvalue weighted by atomic mass is 32.1. The molecule has 2 aromatic heterocycles. The van der Waals surface area contributed by atoms with Crippen LogP contribution in [-0.4, -0.2) is 45.7 Å². The van der Waals surface area contributed by atoms with E-state index in [1.165, 1.54) is 23.6 Å². The van der Waals surface area contributed by atoms with Crippen LogP contribution in [0.3, 0.4) is 0 Å². The average Bonchev–Trinajstić information content (AvgIpc) is 3.32. The first-order valence-electron chi connectivity index (χ1n) is 9.80. The number of alkyl halides is 1. The van der Waals surface area contributed by atoms with Crippen molar-refractivity contribution in [3.63, 3.8) is 0 Å². The number of piperidine rings is 1. The molecule has 0 aliphatic carbocycles. The first kappa shape index (κ1) is 20.8. The number of imidazole rings is 1. The molecule has 8 nitrogen and oxygen atoms in total. The zero-order valence-electron chi connectivity index (χ0n) is 17.2. The van der Waals surface area contributed by atoms with Gasteiger partial charge in [-0.25, -0.2) is 14.4 Å². The molecular weight excluding hydrogens is 417 g/mol. The summed E-state index contributed by atoms with van der Waals surface area (Å²) >= 11 is 1.25. The van der Waals surface area contributed by atoms with Gasteiger partial charge in [0.25, 0.3) is 0 Å². The van der Waals surface area contributed by atoms with Crippen molar-refractivity contribution < 1.29 is 9.18 Å². The molecule has 31 heavy (non-hydrogen) atoms. The lowest BCUT2D eigenvalue weighted by atomic mass is 10.0. The molecule has 0 radical (unpaired) electrons. The molecular formula is C21H22FN7OS. The van der Waals surface area contributed by atoms with Gasteiger partial charge in [0.2, 0.25) is 11.9 Å². The number of hydrogen-bond donors (Lipinski definition) is 2. The molecule has 1 aromatic carbocycles. The van der Waals surface area contributed by atoms with E-state index in [2.05, 4.69) is 28.3 Å². The number of hydrogen-bond acceptors (Lipinski definition) is 7. The SMILES string of the molecule is C=CC(=O)Nc1cc2nc(N3CC(F)C[C@@H](Nc4ncc(C#N)s4)C3)n(C)c2cc1C. The van der Waals surface area contributed by atoms with Gasteiger partial charge < -0.3 is 20.1 Å². The zero-order chi connectivity index (χ0) is 22.1. The monoisotopic (exact) mass is 439 g/mol. The summed E-state index contributed by atoms with van der Waals surface area (Å²) in [5.74, 6) is 0.373. The summed E-state index contributed by atoms with van der Waals surface area (Å²) in [5.41, 5.74) is 3.18. The topological polar surface area (TPSA) is 98.9 Å². The molecule has 1 fully saturated rings. The van der Waals surface area contributed by atoms with Gasteiger partial charge in [0.1, 0.15) is 17.1 Å². The highest BCUT2D eigenvalue weighted by Crippen LogP contribution is 2.30. The van der Waals surface area contributed by atoms with Gasteiger partial charge in [-0.1, -0.05) is 17.9 Å². The van der Waals surface area contributed by atoms with Crippen LogP contribution in [-0.2, 0) is 11.8 Å².